The zero-order chi connectivity index (χ0) is 15.2. The van der Waals surface area contributed by atoms with Crippen LogP contribution in [0.5, 0.6) is 0 Å². The molecule has 0 spiro atoms. The fourth-order valence-corrected chi connectivity index (χ4v) is 4.58. The van der Waals surface area contributed by atoms with Crippen molar-refractivity contribution >= 4 is 0 Å². The summed E-state index contributed by atoms with van der Waals surface area (Å²) in [6, 6.07) is 1.20. The minimum absolute atomic E-state index is 0.139. The molecule has 1 aromatic heterocycles. The number of fused-ring (bicyclic) bond motifs is 1. The summed E-state index contributed by atoms with van der Waals surface area (Å²) in [5.74, 6) is 0. The predicted molar refractivity (Wildman–Crippen MR) is 85.6 cm³/mol. The Kier molecular flexibility index (Phi) is 3.75. The second-order valence-corrected chi connectivity index (χ2v) is 7.63. The van der Waals surface area contributed by atoms with Crippen LogP contribution >= 0.6 is 0 Å². The van der Waals surface area contributed by atoms with E-state index in [0.717, 1.165) is 26.1 Å². The first-order valence-electron chi connectivity index (χ1n) is 8.76. The normalized spacial score (nSPS) is 33.8. The summed E-state index contributed by atoms with van der Waals surface area (Å²) in [6.45, 7) is 4.69. The number of hydrogen-bond acceptors (Lipinski definition) is 4. The summed E-state index contributed by atoms with van der Waals surface area (Å²) >= 11 is 0. The molecule has 3 aliphatic rings. The van der Waals surface area contributed by atoms with Crippen molar-refractivity contribution in [3.63, 3.8) is 0 Å². The largest absolute Gasteiger partial charge is 0.396 e. The quantitative estimate of drug-likeness (QED) is 0.915. The number of hydrogen-bond donors (Lipinski definition) is 1. The van der Waals surface area contributed by atoms with E-state index in [4.69, 9.17) is 0 Å². The van der Waals surface area contributed by atoms with Crippen LogP contribution in [-0.2, 0) is 6.54 Å². The molecule has 5 heteroatoms. The number of likely N-dealkylation sites (N-methyl/N-ethyl adjacent to an activating group) is 1. The van der Waals surface area contributed by atoms with Crippen molar-refractivity contribution in [1.29, 1.82) is 0 Å². The lowest BCUT2D eigenvalue weighted by Crippen LogP contribution is -2.61. The van der Waals surface area contributed by atoms with Gasteiger partial charge in [-0.3, -0.25) is 4.90 Å². The number of likely N-dealkylation sites (tertiary alicyclic amines) is 2. The van der Waals surface area contributed by atoms with Crippen molar-refractivity contribution in [3.05, 3.63) is 18.2 Å². The maximum Gasteiger partial charge on any atom is 0.0951 e. The average Bonchev–Trinajstić information content (AvgIpc) is 3.28. The molecule has 1 aromatic rings. The molecule has 0 amide bonds. The van der Waals surface area contributed by atoms with Gasteiger partial charge < -0.3 is 14.6 Å². The van der Waals surface area contributed by atoms with E-state index >= 15 is 0 Å². The first-order valence-corrected chi connectivity index (χ1v) is 8.76. The molecule has 0 unspecified atom stereocenters. The van der Waals surface area contributed by atoms with E-state index in [9.17, 15) is 5.11 Å². The van der Waals surface area contributed by atoms with Gasteiger partial charge in [0.25, 0.3) is 0 Å². The van der Waals surface area contributed by atoms with Gasteiger partial charge >= 0.3 is 0 Å². The van der Waals surface area contributed by atoms with Gasteiger partial charge in [-0.1, -0.05) is 0 Å². The van der Waals surface area contributed by atoms with Gasteiger partial charge in [0.2, 0.25) is 0 Å². The maximum atomic E-state index is 10.0. The van der Waals surface area contributed by atoms with E-state index in [1.54, 1.807) is 0 Å². The highest BCUT2D eigenvalue weighted by Crippen LogP contribution is 2.42. The first-order chi connectivity index (χ1) is 10.7. The minimum Gasteiger partial charge on any atom is -0.396 e. The molecule has 4 rings (SSSR count). The number of aliphatic hydroxyl groups excluding tert-OH is 1. The van der Waals surface area contributed by atoms with Crippen molar-refractivity contribution in [2.75, 3.05) is 33.3 Å². The van der Waals surface area contributed by atoms with Crippen LogP contribution in [-0.4, -0.2) is 63.8 Å². The Hall–Kier alpha value is -0.910. The van der Waals surface area contributed by atoms with Crippen LogP contribution in [0, 0.1) is 5.41 Å². The van der Waals surface area contributed by atoms with Gasteiger partial charge in [0.05, 0.1) is 18.6 Å². The highest BCUT2D eigenvalue weighted by molar-refractivity contribution is 5.06. The Balaban J connectivity index is 1.47. The molecule has 22 heavy (non-hydrogen) atoms. The van der Waals surface area contributed by atoms with Gasteiger partial charge in [-0.25, -0.2) is 4.98 Å². The molecule has 5 nitrogen and oxygen atoms in total. The maximum absolute atomic E-state index is 10.0. The lowest BCUT2D eigenvalue weighted by atomic mass is 9.69. The smallest absolute Gasteiger partial charge is 0.0951 e. The number of nitrogens with zero attached hydrogens (tertiary/aromatic N) is 4. The number of piperidine rings is 2. The van der Waals surface area contributed by atoms with E-state index in [2.05, 4.69) is 26.4 Å². The van der Waals surface area contributed by atoms with Crippen molar-refractivity contribution in [3.8, 4) is 0 Å². The molecular weight excluding hydrogens is 276 g/mol. The van der Waals surface area contributed by atoms with Crippen molar-refractivity contribution in [2.45, 2.75) is 50.7 Å². The van der Waals surface area contributed by atoms with Gasteiger partial charge in [-0.2, -0.15) is 0 Å². The van der Waals surface area contributed by atoms with Gasteiger partial charge in [0.15, 0.2) is 0 Å². The number of rotatable bonds is 4. The highest BCUT2D eigenvalue weighted by atomic mass is 16.3. The average molecular weight is 304 g/mol. The Bertz CT molecular complexity index is 526. The minimum atomic E-state index is 0.139. The summed E-state index contributed by atoms with van der Waals surface area (Å²) < 4.78 is 2.37. The molecular formula is C17H28N4O. The monoisotopic (exact) mass is 304 g/mol. The van der Waals surface area contributed by atoms with E-state index < -0.39 is 0 Å². The standard InChI is InChI=1S/C17H28N4O/c1-19-7-2-5-17(12-22)6-8-20(11-16(17)19)10-15-9-18-13-21(15)14-3-4-14/h9,13-14,16,22H,2-8,10-12H2,1H3/t16-,17-/m1/s1. The second kappa shape index (κ2) is 5.62. The van der Waals surface area contributed by atoms with Crippen LogP contribution in [0.4, 0.5) is 0 Å². The Morgan fingerprint density at radius 2 is 2.18 bits per heavy atom. The summed E-state index contributed by atoms with van der Waals surface area (Å²) in [4.78, 5) is 9.40. The Morgan fingerprint density at radius 1 is 1.32 bits per heavy atom. The van der Waals surface area contributed by atoms with Crippen molar-refractivity contribution in [2.24, 2.45) is 5.41 Å². The Morgan fingerprint density at radius 3 is 2.95 bits per heavy atom. The van der Waals surface area contributed by atoms with Crippen molar-refractivity contribution < 1.29 is 5.11 Å². The van der Waals surface area contributed by atoms with Crippen LogP contribution in [0.1, 0.15) is 43.8 Å². The third kappa shape index (κ3) is 2.49. The zero-order valence-corrected chi connectivity index (χ0v) is 13.6. The topological polar surface area (TPSA) is 44.5 Å². The summed E-state index contributed by atoms with van der Waals surface area (Å²) in [5.41, 5.74) is 1.50. The van der Waals surface area contributed by atoms with Crippen LogP contribution in [0.25, 0.3) is 0 Å². The van der Waals surface area contributed by atoms with Crippen LogP contribution in [0.2, 0.25) is 0 Å². The number of imidazole rings is 1. The third-order valence-corrected chi connectivity index (χ3v) is 6.17. The van der Waals surface area contributed by atoms with Crippen molar-refractivity contribution in [1.82, 2.24) is 19.4 Å². The fraction of sp³-hybridized carbons (Fsp3) is 0.824. The summed E-state index contributed by atoms with van der Waals surface area (Å²) in [5, 5.41) is 10.0. The zero-order valence-electron chi connectivity index (χ0n) is 13.6. The molecule has 3 heterocycles. The predicted octanol–water partition coefficient (Wildman–Crippen LogP) is 1.50. The van der Waals surface area contributed by atoms with E-state index in [-0.39, 0.29) is 5.41 Å². The molecule has 1 saturated carbocycles. The van der Waals surface area contributed by atoms with Gasteiger partial charge in [-0.15, -0.1) is 0 Å². The molecule has 0 aromatic carbocycles. The molecule has 2 saturated heterocycles. The SMILES string of the molecule is CN1CCC[C@]2(CO)CCN(Cc3cncn3C3CC3)C[C@@H]12. The summed E-state index contributed by atoms with van der Waals surface area (Å²) in [7, 11) is 2.23. The third-order valence-electron chi connectivity index (χ3n) is 6.17. The highest BCUT2D eigenvalue weighted by Gasteiger charge is 2.46. The van der Waals surface area contributed by atoms with Crippen LogP contribution in [0.15, 0.2) is 12.5 Å². The summed E-state index contributed by atoms with van der Waals surface area (Å²) in [6.07, 6.45) is 10.2. The lowest BCUT2D eigenvalue weighted by Gasteiger charge is -2.53. The molecule has 1 N–H and O–H groups in total. The second-order valence-electron chi connectivity index (χ2n) is 7.63. The molecule has 3 fully saturated rings. The van der Waals surface area contributed by atoms with E-state index in [0.29, 0.717) is 18.7 Å². The molecule has 0 radical (unpaired) electrons. The molecule has 2 atom stereocenters. The van der Waals surface area contributed by atoms with E-state index in [1.165, 1.54) is 37.9 Å². The van der Waals surface area contributed by atoms with Crippen LogP contribution < -0.4 is 0 Å². The molecule has 0 bridgehead atoms. The number of aliphatic hydroxyl groups is 1. The lowest BCUT2D eigenvalue weighted by molar-refractivity contribution is -0.0688. The molecule has 1 aliphatic carbocycles. The first kappa shape index (κ1) is 14.7. The van der Waals surface area contributed by atoms with Gasteiger partial charge in [0, 0.05) is 36.8 Å². The molecule has 122 valence electrons. The van der Waals surface area contributed by atoms with E-state index in [1.807, 2.05) is 12.5 Å². The fourth-order valence-electron chi connectivity index (χ4n) is 4.58. The van der Waals surface area contributed by atoms with Gasteiger partial charge in [-0.05, 0) is 52.2 Å². The Labute approximate surface area is 132 Å². The van der Waals surface area contributed by atoms with Gasteiger partial charge in [0.1, 0.15) is 0 Å². The molecule has 2 aliphatic heterocycles. The van der Waals surface area contributed by atoms with Crippen LogP contribution in [0.3, 0.4) is 0 Å². The number of aromatic nitrogens is 2.